The van der Waals surface area contributed by atoms with Gasteiger partial charge in [0.05, 0.1) is 10.9 Å². The number of anilines is 1. The number of benzene rings is 2. The van der Waals surface area contributed by atoms with E-state index in [0.29, 0.717) is 6.42 Å². The van der Waals surface area contributed by atoms with Gasteiger partial charge in [-0.2, -0.15) is 0 Å². The molecule has 34 heavy (non-hydrogen) atoms. The van der Waals surface area contributed by atoms with Gasteiger partial charge in [-0.15, -0.1) is 0 Å². The number of hydrogen-bond acceptors (Lipinski definition) is 4. The number of fused-ring (bicyclic) bond motifs is 2. The van der Waals surface area contributed by atoms with E-state index in [4.69, 9.17) is 0 Å². The van der Waals surface area contributed by atoms with Crippen LogP contribution in [0.4, 0.5) is 5.69 Å². The Morgan fingerprint density at radius 3 is 2.65 bits per heavy atom. The van der Waals surface area contributed by atoms with Gasteiger partial charge in [0.1, 0.15) is 0 Å². The van der Waals surface area contributed by atoms with Crippen LogP contribution in [0.2, 0.25) is 0 Å². The Bertz CT molecular complexity index is 1220. The lowest BCUT2D eigenvalue weighted by atomic mass is 9.88. The van der Waals surface area contributed by atoms with Crippen LogP contribution in [0, 0.1) is 5.92 Å². The molecule has 1 fully saturated rings. The molecule has 2 amide bonds. The maximum atomic E-state index is 12.9. The maximum absolute atomic E-state index is 12.9. The van der Waals surface area contributed by atoms with Crippen molar-refractivity contribution in [3.8, 4) is 0 Å². The van der Waals surface area contributed by atoms with E-state index in [2.05, 4.69) is 22.2 Å². The second-order valence-corrected chi connectivity index (χ2v) is 11.5. The lowest BCUT2D eigenvalue weighted by molar-refractivity contribution is -0.122. The zero-order valence-electron chi connectivity index (χ0n) is 19.4. The summed E-state index contributed by atoms with van der Waals surface area (Å²) in [5, 5.41) is 3.06. The highest BCUT2D eigenvalue weighted by Gasteiger charge is 2.39. The molecule has 3 aliphatic rings. The molecule has 0 radical (unpaired) electrons. The summed E-state index contributed by atoms with van der Waals surface area (Å²) in [5.74, 6) is 0.0970. The summed E-state index contributed by atoms with van der Waals surface area (Å²) in [7, 11) is -3.75. The van der Waals surface area contributed by atoms with Crippen molar-refractivity contribution in [2.24, 2.45) is 5.92 Å². The number of aryl methyl sites for hydroxylation is 1. The first-order valence-corrected chi connectivity index (χ1v) is 13.6. The first-order chi connectivity index (χ1) is 16.3. The second kappa shape index (κ2) is 9.15. The van der Waals surface area contributed by atoms with Crippen molar-refractivity contribution in [3.63, 3.8) is 0 Å². The molecule has 0 bridgehead atoms. The summed E-state index contributed by atoms with van der Waals surface area (Å²) < 4.78 is 28.3. The Kier molecular flexibility index (Phi) is 6.20. The highest BCUT2D eigenvalue weighted by atomic mass is 32.2. The van der Waals surface area contributed by atoms with Crippen molar-refractivity contribution in [3.05, 3.63) is 59.2 Å². The average molecular weight is 482 g/mol. The third kappa shape index (κ3) is 4.61. The highest BCUT2D eigenvalue weighted by Crippen LogP contribution is 2.39. The second-order valence-electron chi connectivity index (χ2n) is 9.69. The van der Waals surface area contributed by atoms with Crippen LogP contribution in [0.25, 0.3) is 0 Å². The summed E-state index contributed by atoms with van der Waals surface area (Å²) in [6.07, 6.45) is 5.53. The molecule has 2 aliphatic carbocycles. The van der Waals surface area contributed by atoms with Crippen LogP contribution < -0.4 is 14.9 Å². The lowest BCUT2D eigenvalue weighted by Gasteiger charge is -2.26. The zero-order valence-corrected chi connectivity index (χ0v) is 20.2. The standard InChI is InChI=1S/C26H31N3O4S/c1-17-15-20-16-21(11-12-24(20)29(17)26(31)19-9-10-19)34(32,33)27-14-13-25(30)28-23-8-4-6-18-5-2-3-7-22(18)23/h2-3,5,7,11-12,16-17,19,23,27H,4,6,8-10,13-15H2,1H3,(H,28,30). The van der Waals surface area contributed by atoms with Crippen LogP contribution in [0.1, 0.15) is 61.8 Å². The Labute approximate surface area is 201 Å². The molecule has 180 valence electrons. The van der Waals surface area contributed by atoms with Crippen molar-refractivity contribution in [2.75, 3.05) is 11.4 Å². The van der Waals surface area contributed by atoms with Gasteiger partial charge in [0.2, 0.25) is 21.8 Å². The van der Waals surface area contributed by atoms with E-state index in [1.807, 2.05) is 24.0 Å². The molecule has 5 rings (SSSR count). The number of nitrogens with zero attached hydrogens (tertiary/aromatic N) is 1. The lowest BCUT2D eigenvalue weighted by Crippen LogP contribution is -2.36. The molecule has 1 saturated carbocycles. The van der Waals surface area contributed by atoms with Gasteiger partial charge in [0.15, 0.2) is 0 Å². The normalized spacial score (nSPS) is 21.6. The molecule has 7 nitrogen and oxygen atoms in total. The summed E-state index contributed by atoms with van der Waals surface area (Å²) in [5.41, 5.74) is 4.11. The van der Waals surface area contributed by atoms with E-state index < -0.39 is 10.0 Å². The monoisotopic (exact) mass is 481 g/mol. The summed E-state index contributed by atoms with van der Waals surface area (Å²) >= 11 is 0. The fourth-order valence-electron chi connectivity index (χ4n) is 5.19. The number of carbonyl (C=O) groups is 2. The first-order valence-electron chi connectivity index (χ1n) is 12.2. The number of rotatable bonds is 7. The van der Waals surface area contributed by atoms with Crippen LogP contribution in [-0.4, -0.2) is 32.8 Å². The average Bonchev–Trinajstić information content (AvgIpc) is 3.61. The van der Waals surface area contributed by atoms with E-state index >= 15 is 0 Å². The Balaban J connectivity index is 1.19. The summed E-state index contributed by atoms with van der Waals surface area (Å²) in [6.45, 7) is 2.03. The van der Waals surface area contributed by atoms with E-state index in [1.54, 1.807) is 18.2 Å². The largest absolute Gasteiger partial charge is 0.349 e. The maximum Gasteiger partial charge on any atom is 0.240 e. The van der Waals surface area contributed by atoms with Crippen molar-refractivity contribution in [1.29, 1.82) is 0 Å². The van der Waals surface area contributed by atoms with Crippen LogP contribution >= 0.6 is 0 Å². The minimum Gasteiger partial charge on any atom is -0.349 e. The third-order valence-corrected chi connectivity index (χ3v) is 8.55. The van der Waals surface area contributed by atoms with E-state index in [0.717, 1.165) is 48.9 Å². The van der Waals surface area contributed by atoms with Crippen molar-refractivity contribution < 1.29 is 18.0 Å². The molecule has 2 atom stereocenters. The quantitative estimate of drug-likeness (QED) is 0.635. The molecular formula is C26H31N3O4S. The van der Waals surface area contributed by atoms with Crippen molar-refractivity contribution in [1.82, 2.24) is 10.0 Å². The molecule has 2 aromatic carbocycles. The molecule has 0 spiro atoms. The van der Waals surface area contributed by atoms with Gasteiger partial charge in [-0.1, -0.05) is 24.3 Å². The number of hydrogen-bond donors (Lipinski definition) is 2. The topological polar surface area (TPSA) is 95.6 Å². The Morgan fingerprint density at radius 2 is 1.85 bits per heavy atom. The molecule has 1 heterocycles. The van der Waals surface area contributed by atoms with Gasteiger partial charge in [0.25, 0.3) is 0 Å². The molecule has 1 aliphatic heterocycles. The molecule has 0 aromatic heterocycles. The minimum atomic E-state index is -3.75. The van der Waals surface area contributed by atoms with Gasteiger partial charge in [-0.25, -0.2) is 13.1 Å². The SMILES string of the molecule is CC1Cc2cc(S(=O)(=O)NCCC(=O)NC3CCCc4ccccc43)ccc2N1C(=O)C1CC1. The Hall–Kier alpha value is -2.71. The first kappa shape index (κ1) is 23.1. The fraction of sp³-hybridized carbons (Fsp3) is 0.462. The molecular weight excluding hydrogens is 450 g/mol. The molecule has 0 saturated heterocycles. The summed E-state index contributed by atoms with van der Waals surface area (Å²) in [6, 6.07) is 13.1. The van der Waals surface area contributed by atoms with Crippen molar-refractivity contribution >= 4 is 27.5 Å². The van der Waals surface area contributed by atoms with Gasteiger partial charge in [-0.05, 0) is 80.3 Å². The Morgan fingerprint density at radius 1 is 1.06 bits per heavy atom. The predicted molar refractivity (Wildman–Crippen MR) is 130 cm³/mol. The van der Waals surface area contributed by atoms with Gasteiger partial charge in [-0.3, -0.25) is 9.59 Å². The highest BCUT2D eigenvalue weighted by molar-refractivity contribution is 7.89. The number of amides is 2. The van der Waals surface area contributed by atoms with Gasteiger partial charge in [0, 0.05) is 30.6 Å². The van der Waals surface area contributed by atoms with Gasteiger partial charge >= 0.3 is 0 Å². The fourth-order valence-corrected chi connectivity index (χ4v) is 6.27. The van der Waals surface area contributed by atoms with E-state index in [-0.39, 0.29) is 47.7 Å². The van der Waals surface area contributed by atoms with Crippen LogP contribution in [-0.2, 0) is 32.5 Å². The zero-order chi connectivity index (χ0) is 23.9. The number of sulfonamides is 1. The summed E-state index contributed by atoms with van der Waals surface area (Å²) in [4.78, 5) is 27.1. The predicted octanol–water partition coefficient (Wildman–Crippen LogP) is 3.24. The number of nitrogens with one attached hydrogen (secondary N) is 2. The molecule has 2 N–H and O–H groups in total. The molecule has 2 aromatic rings. The van der Waals surface area contributed by atoms with E-state index in [9.17, 15) is 18.0 Å². The third-order valence-electron chi connectivity index (χ3n) is 7.09. The van der Waals surface area contributed by atoms with E-state index in [1.165, 1.54) is 5.56 Å². The molecule has 8 heteroatoms. The minimum absolute atomic E-state index is 0.0194. The smallest absolute Gasteiger partial charge is 0.240 e. The van der Waals surface area contributed by atoms with Crippen LogP contribution in [0.5, 0.6) is 0 Å². The van der Waals surface area contributed by atoms with Crippen LogP contribution in [0.3, 0.4) is 0 Å². The van der Waals surface area contributed by atoms with Crippen molar-refractivity contribution in [2.45, 2.75) is 68.8 Å². The van der Waals surface area contributed by atoms with Gasteiger partial charge < -0.3 is 10.2 Å². The number of carbonyl (C=O) groups excluding carboxylic acids is 2. The van der Waals surface area contributed by atoms with Crippen LogP contribution in [0.15, 0.2) is 47.4 Å². The molecule has 2 unspecified atom stereocenters.